The molecule has 1 saturated heterocycles. The smallest absolute Gasteiger partial charge is 0.342 e. The number of sulfonamides is 1. The summed E-state index contributed by atoms with van der Waals surface area (Å²) in [6, 6.07) is -0.170. The van der Waals surface area contributed by atoms with E-state index in [0.717, 1.165) is 5.95 Å². The molecule has 2 fully saturated rings. The number of rotatable bonds is 4. The minimum absolute atomic E-state index is 0.0750. The summed E-state index contributed by atoms with van der Waals surface area (Å²) >= 11 is 0. The van der Waals surface area contributed by atoms with E-state index in [9.17, 15) is 21.6 Å². The van der Waals surface area contributed by atoms with Gasteiger partial charge in [0.25, 0.3) is 0 Å². The fourth-order valence-corrected chi connectivity index (χ4v) is 5.67. The number of hydrogen-bond acceptors (Lipinski definition) is 4. The first-order chi connectivity index (χ1) is 12.2. The molecule has 0 aromatic carbocycles. The Kier molecular flexibility index (Phi) is 5.53. The van der Waals surface area contributed by atoms with Crippen molar-refractivity contribution in [3.8, 4) is 0 Å². The Morgan fingerprint density at radius 1 is 1.12 bits per heavy atom. The lowest BCUT2D eigenvalue weighted by atomic mass is 9.88. The van der Waals surface area contributed by atoms with Gasteiger partial charge in [-0.15, -0.1) is 0 Å². The quantitative estimate of drug-likeness (QED) is 0.852. The van der Waals surface area contributed by atoms with Crippen LogP contribution in [-0.2, 0) is 17.1 Å². The molecule has 0 spiro atoms. The van der Waals surface area contributed by atoms with Crippen LogP contribution in [0.25, 0.3) is 0 Å². The molecule has 148 valence electrons. The normalized spacial score (nSPS) is 26.2. The van der Waals surface area contributed by atoms with E-state index in [1.54, 1.807) is 6.20 Å². The van der Waals surface area contributed by atoms with Gasteiger partial charge in [-0.1, -0.05) is 0 Å². The van der Waals surface area contributed by atoms with Gasteiger partial charge in [-0.25, -0.2) is 18.1 Å². The van der Waals surface area contributed by atoms with Gasteiger partial charge in [-0.05, 0) is 38.5 Å². The van der Waals surface area contributed by atoms with Crippen molar-refractivity contribution in [2.45, 2.75) is 56.0 Å². The van der Waals surface area contributed by atoms with Gasteiger partial charge in [0.2, 0.25) is 16.0 Å². The van der Waals surface area contributed by atoms with Crippen LogP contribution in [-0.4, -0.2) is 48.5 Å². The molecular formula is C16H25F3N4O2S. The minimum Gasteiger partial charge on any atom is -0.342 e. The molecule has 26 heavy (non-hydrogen) atoms. The van der Waals surface area contributed by atoms with E-state index in [0.29, 0.717) is 25.9 Å². The van der Waals surface area contributed by atoms with Crippen LogP contribution >= 0.6 is 0 Å². The lowest BCUT2D eigenvalue weighted by Crippen LogP contribution is -2.48. The number of piperidine rings is 1. The van der Waals surface area contributed by atoms with Crippen molar-refractivity contribution in [2.24, 2.45) is 13.0 Å². The first kappa shape index (κ1) is 19.5. The van der Waals surface area contributed by atoms with Gasteiger partial charge in [0.05, 0.1) is 11.2 Å². The molecule has 2 aliphatic rings. The van der Waals surface area contributed by atoms with Crippen molar-refractivity contribution in [1.82, 2.24) is 14.3 Å². The fourth-order valence-electron chi connectivity index (χ4n) is 3.89. The Morgan fingerprint density at radius 2 is 1.73 bits per heavy atom. The molecule has 0 amide bonds. The standard InChI is InChI=1S/C16H25F3N4O2S/c1-22-11-8-20-15(22)23-9-6-13(7-10-23)21-26(24,25)14-4-2-12(3-5-14)16(17,18)19/h8,11-14,21H,2-7,9-10H2,1H3. The molecule has 0 bridgehead atoms. The molecule has 1 aromatic rings. The van der Waals surface area contributed by atoms with Gasteiger partial charge in [-0.2, -0.15) is 13.2 Å². The Morgan fingerprint density at radius 3 is 2.23 bits per heavy atom. The van der Waals surface area contributed by atoms with Crippen molar-refractivity contribution in [3.05, 3.63) is 12.4 Å². The van der Waals surface area contributed by atoms with Crippen LogP contribution in [0, 0.1) is 5.92 Å². The molecule has 1 aliphatic heterocycles. The third-order valence-corrected chi connectivity index (χ3v) is 7.49. The van der Waals surface area contributed by atoms with Crippen molar-refractivity contribution < 1.29 is 21.6 Å². The van der Waals surface area contributed by atoms with E-state index in [1.807, 2.05) is 17.8 Å². The summed E-state index contributed by atoms with van der Waals surface area (Å²) in [5.74, 6) is -0.508. The summed E-state index contributed by atoms with van der Waals surface area (Å²) < 4.78 is 68.0. The molecule has 1 N–H and O–H groups in total. The largest absolute Gasteiger partial charge is 0.391 e. The van der Waals surface area contributed by atoms with Crippen molar-refractivity contribution >= 4 is 16.0 Å². The third kappa shape index (κ3) is 4.33. The highest BCUT2D eigenvalue weighted by Crippen LogP contribution is 2.39. The Labute approximate surface area is 151 Å². The number of anilines is 1. The van der Waals surface area contributed by atoms with Gasteiger partial charge in [0, 0.05) is 38.6 Å². The number of imidazole rings is 1. The van der Waals surface area contributed by atoms with E-state index < -0.39 is 27.4 Å². The number of alkyl halides is 3. The predicted octanol–water partition coefficient (Wildman–Crippen LogP) is 2.43. The summed E-state index contributed by atoms with van der Waals surface area (Å²) in [6.07, 6.45) is 0.618. The summed E-state index contributed by atoms with van der Waals surface area (Å²) in [4.78, 5) is 6.41. The van der Waals surface area contributed by atoms with E-state index in [-0.39, 0.29) is 31.7 Å². The molecule has 0 unspecified atom stereocenters. The Hall–Kier alpha value is -1.29. The second-order valence-electron chi connectivity index (χ2n) is 7.28. The molecule has 10 heteroatoms. The fraction of sp³-hybridized carbons (Fsp3) is 0.812. The molecule has 0 atom stereocenters. The molecule has 1 saturated carbocycles. The topological polar surface area (TPSA) is 67.2 Å². The summed E-state index contributed by atoms with van der Waals surface area (Å²) in [5.41, 5.74) is 0. The Bertz CT molecular complexity index is 703. The maximum Gasteiger partial charge on any atom is 0.391 e. The average molecular weight is 394 g/mol. The third-order valence-electron chi connectivity index (χ3n) is 5.48. The van der Waals surface area contributed by atoms with Crippen LogP contribution in [0.5, 0.6) is 0 Å². The van der Waals surface area contributed by atoms with E-state index >= 15 is 0 Å². The van der Waals surface area contributed by atoms with Gasteiger partial charge in [0.1, 0.15) is 0 Å². The second kappa shape index (κ2) is 7.38. The van der Waals surface area contributed by atoms with E-state index in [1.165, 1.54) is 0 Å². The van der Waals surface area contributed by atoms with Crippen LogP contribution in [0.3, 0.4) is 0 Å². The molecule has 3 rings (SSSR count). The first-order valence-electron chi connectivity index (χ1n) is 8.97. The van der Waals surface area contributed by atoms with Crippen LogP contribution in [0.1, 0.15) is 38.5 Å². The number of aryl methyl sites for hydroxylation is 1. The summed E-state index contributed by atoms with van der Waals surface area (Å²) in [7, 11) is -1.68. The van der Waals surface area contributed by atoms with Gasteiger partial charge in [0.15, 0.2) is 0 Å². The monoisotopic (exact) mass is 394 g/mol. The zero-order valence-electron chi connectivity index (χ0n) is 14.7. The van der Waals surface area contributed by atoms with Crippen molar-refractivity contribution in [3.63, 3.8) is 0 Å². The molecule has 6 nitrogen and oxygen atoms in total. The first-order valence-corrected chi connectivity index (χ1v) is 10.5. The zero-order chi connectivity index (χ0) is 18.9. The highest BCUT2D eigenvalue weighted by Gasteiger charge is 2.44. The molecule has 0 radical (unpaired) electrons. The molecule has 1 aliphatic carbocycles. The van der Waals surface area contributed by atoms with Gasteiger partial charge >= 0.3 is 6.18 Å². The highest BCUT2D eigenvalue weighted by atomic mass is 32.2. The second-order valence-corrected chi connectivity index (χ2v) is 9.27. The molecule has 2 heterocycles. The highest BCUT2D eigenvalue weighted by molar-refractivity contribution is 7.90. The zero-order valence-corrected chi connectivity index (χ0v) is 15.6. The number of halogens is 3. The SMILES string of the molecule is Cn1ccnc1N1CCC(NS(=O)(=O)C2CCC(C(F)(F)F)CC2)CC1. The maximum atomic E-state index is 12.7. The maximum absolute atomic E-state index is 12.7. The lowest BCUT2D eigenvalue weighted by Gasteiger charge is -2.34. The van der Waals surface area contributed by atoms with E-state index in [4.69, 9.17) is 0 Å². The van der Waals surface area contributed by atoms with Gasteiger partial charge in [-0.3, -0.25) is 0 Å². The van der Waals surface area contributed by atoms with Crippen molar-refractivity contribution in [1.29, 1.82) is 0 Å². The number of nitrogens with zero attached hydrogens (tertiary/aromatic N) is 3. The predicted molar refractivity (Wildman–Crippen MR) is 92.3 cm³/mol. The number of aromatic nitrogens is 2. The summed E-state index contributed by atoms with van der Waals surface area (Å²) in [5, 5.41) is -0.714. The van der Waals surface area contributed by atoms with Crippen LogP contribution in [0.4, 0.5) is 19.1 Å². The lowest BCUT2D eigenvalue weighted by molar-refractivity contribution is -0.181. The summed E-state index contributed by atoms with van der Waals surface area (Å²) in [6.45, 7) is 1.39. The van der Waals surface area contributed by atoms with Crippen molar-refractivity contribution in [2.75, 3.05) is 18.0 Å². The molecule has 1 aromatic heterocycles. The van der Waals surface area contributed by atoms with Crippen LogP contribution < -0.4 is 9.62 Å². The van der Waals surface area contributed by atoms with Gasteiger partial charge < -0.3 is 9.47 Å². The minimum atomic E-state index is -4.22. The van der Waals surface area contributed by atoms with Crippen LogP contribution in [0.2, 0.25) is 0 Å². The average Bonchev–Trinajstić information content (AvgIpc) is 3.01. The molecular weight excluding hydrogens is 369 g/mol. The Balaban J connectivity index is 1.51. The number of hydrogen-bond donors (Lipinski definition) is 1. The number of nitrogens with one attached hydrogen (secondary N) is 1. The van der Waals surface area contributed by atoms with Crippen LogP contribution in [0.15, 0.2) is 12.4 Å². The van der Waals surface area contributed by atoms with E-state index in [2.05, 4.69) is 14.6 Å².